The third-order valence-corrected chi connectivity index (χ3v) is 3.30. The van der Waals surface area contributed by atoms with Crippen molar-refractivity contribution in [1.29, 1.82) is 0 Å². The molecule has 6 nitrogen and oxygen atoms in total. The van der Waals surface area contributed by atoms with Gasteiger partial charge in [0.05, 0.1) is 6.10 Å². The molecule has 18 heavy (non-hydrogen) atoms. The Hall–Kier alpha value is -1.43. The summed E-state index contributed by atoms with van der Waals surface area (Å²) < 4.78 is 7.16. The maximum absolute atomic E-state index is 12.1. The van der Waals surface area contributed by atoms with Gasteiger partial charge in [-0.15, -0.1) is 0 Å². The van der Waals surface area contributed by atoms with Gasteiger partial charge in [-0.2, -0.15) is 10.1 Å². The summed E-state index contributed by atoms with van der Waals surface area (Å²) in [4.78, 5) is 16.3. The normalized spacial score (nSPS) is 23.9. The van der Waals surface area contributed by atoms with Gasteiger partial charge in [0.25, 0.3) is 0 Å². The number of amides is 1. The number of carbonyl (C=O) groups excluding carboxylic acids is 1. The van der Waals surface area contributed by atoms with Gasteiger partial charge in [-0.3, -0.25) is 10.1 Å². The third kappa shape index (κ3) is 2.87. The summed E-state index contributed by atoms with van der Waals surface area (Å²) in [5, 5.41) is 6.95. The van der Waals surface area contributed by atoms with E-state index in [1.54, 1.807) is 18.7 Å². The van der Waals surface area contributed by atoms with Crippen molar-refractivity contribution in [2.24, 2.45) is 13.0 Å². The molecule has 0 bridgehead atoms. The molecule has 1 aliphatic rings. The van der Waals surface area contributed by atoms with Crippen LogP contribution in [0.4, 0.5) is 5.95 Å². The van der Waals surface area contributed by atoms with Crippen LogP contribution >= 0.6 is 0 Å². The number of ether oxygens (including phenoxy) is 1. The zero-order valence-electron chi connectivity index (χ0n) is 11.1. The number of nitrogens with one attached hydrogen (secondary N) is 1. The molecule has 1 aromatic heterocycles. The summed E-state index contributed by atoms with van der Waals surface area (Å²) in [6.07, 6.45) is 2.72. The van der Waals surface area contributed by atoms with E-state index in [0.717, 1.165) is 19.3 Å². The molecule has 1 saturated heterocycles. The van der Waals surface area contributed by atoms with E-state index in [1.807, 2.05) is 0 Å². The minimum absolute atomic E-state index is 0.0145. The van der Waals surface area contributed by atoms with E-state index in [4.69, 9.17) is 4.74 Å². The first-order chi connectivity index (χ1) is 8.60. The second-order valence-electron chi connectivity index (χ2n) is 4.72. The highest BCUT2D eigenvalue weighted by molar-refractivity contribution is 5.91. The molecule has 6 heteroatoms. The first-order valence-corrected chi connectivity index (χ1v) is 6.40. The molecule has 0 aromatic carbocycles. The van der Waals surface area contributed by atoms with Gasteiger partial charge in [-0.05, 0) is 26.2 Å². The summed E-state index contributed by atoms with van der Waals surface area (Å²) in [5.41, 5.74) is 0. The highest BCUT2D eigenvalue weighted by atomic mass is 16.5. The fourth-order valence-corrected chi connectivity index (χ4v) is 2.24. The van der Waals surface area contributed by atoms with Crippen LogP contribution in [-0.4, -0.2) is 33.4 Å². The van der Waals surface area contributed by atoms with Gasteiger partial charge >= 0.3 is 0 Å². The van der Waals surface area contributed by atoms with Crippen LogP contribution in [-0.2, 0) is 16.6 Å². The number of carbonyl (C=O) groups is 1. The van der Waals surface area contributed by atoms with Crippen molar-refractivity contribution in [3.63, 3.8) is 0 Å². The Balaban J connectivity index is 1.97. The van der Waals surface area contributed by atoms with Crippen molar-refractivity contribution in [2.45, 2.75) is 39.2 Å². The van der Waals surface area contributed by atoms with Gasteiger partial charge in [0.15, 0.2) is 0 Å². The molecular weight excluding hydrogens is 232 g/mol. The molecule has 1 aliphatic heterocycles. The van der Waals surface area contributed by atoms with Crippen LogP contribution in [0.3, 0.4) is 0 Å². The Morgan fingerprint density at radius 1 is 1.61 bits per heavy atom. The molecular formula is C12H20N4O2. The highest BCUT2D eigenvalue weighted by Crippen LogP contribution is 2.23. The quantitative estimate of drug-likeness (QED) is 0.879. The van der Waals surface area contributed by atoms with Crippen LogP contribution in [0.15, 0.2) is 0 Å². The number of hydrogen-bond acceptors (Lipinski definition) is 4. The molecule has 1 fully saturated rings. The lowest BCUT2D eigenvalue weighted by atomic mass is 9.93. The Labute approximate surface area is 107 Å². The van der Waals surface area contributed by atoms with Gasteiger partial charge in [0.1, 0.15) is 5.82 Å². The van der Waals surface area contributed by atoms with E-state index in [-0.39, 0.29) is 17.9 Å². The fourth-order valence-electron chi connectivity index (χ4n) is 2.24. The van der Waals surface area contributed by atoms with E-state index in [2.05, 4.69) is 22.3 Å². The number of nitrogens with zero attached hydrogens (tertiary/aromatic N) is 3. The molecule has 0 spiro atoms. The summed E-state index contributed by atoms with van der Waals surface area (Å²) >= 11 is 0. The number of aryl methyl sites for hydroxylation is 2. The molecule has 2 heterocycles. The molecule has 2 rings (SSSR count). The third-order valence-electron chi connectivity index (χ3n) is 3.30. The van der Waals surface area contributed by atoms with Gasteiger partial charge in [-0.1, -0.05) is 6.92 Å². The predicted molar refractivity (Wildman–Crippen MR) is 67.1 cm³/mol. The van der Waals surface area contributed by atoms with Crippen molar-refractivity contribution >= 4 is 11.9 Å². The van der Waals surface area contributed by atoms with Crippen molar-refractivity contribution in [3.8, 4) is 0 Å². The van der Waals surface area contributed by atoms with Crippen molar-refractivity contribution in [3.05, 3.63) is 5.82 Å². The number of rotatable bonds is 3. The van der Waals surface area contributed by atoms with Crippen LogP contribution < -0.4 is 5.32 Å². The van der Waals surface area contributed by atoms with Gasteiger partial charge in [0, 0.05) is 19.6 Å². The molecule has 100 valence electrons. The smallest absolute Gasteiger partial charge is 0.230 e. The molecule has 0 aliphatic carbocycles. The monoisotopic (exact) mass is 252 g/mol. The van der Waals surface area contributed by atoms with E-state index in [0.29, 0.717) is 18.4 Å². The van der Waals surface area contributed by atoms with Gasteiger partial charge in [-0.25, -0.2) is 4.68 Å². The Bertz CT molecular complexity index is 430. The minimum Gasteiger partial charge on any atom is -0.378 e. The molecule has 0 unspecified atom stereocenters. The average Bonchev–Trinajstić information content (AvgIpc) is 2.68. The molecule has 1 aromatic rings. The lowest BCUT2D eigenvalue weighted by molar-refractivity contribution is -0.124. The Morgan fingerprint density at radius 3 is 3.00 bits per heavy atom. The van der Waals surface area contributed by atoms with Gasteiger partial charge in [0.2, 0.25) is 11.9 Å². The van der Waals surface area contributed by atoms with Crippen molar-refractivity contribution < 1.29 is 9.53 Å². The van der Waals surface area contributed by atoms with Crippen LogP contribution in [0.2, 0.25) is 0 Å². The van der Waals surface area contributed by atoms with Crippen LogP contribution in [0.5, 0.6) is 0 Å². The van der Waals surface area contributed by atoms with E-state index in [1.165, 1.54) is 0 Å². The van der Waals surface area contributed by atoms with Crippen LogP contribution in [0.25, 0.3) is 0 Å². The lowest BCUT2D eigenvalue weighted by Gasteiger charge is -2.27. The zero-order chi connectivity index (χ0) is 13.1. The first kappa shape index (κ1) is 13.0. The number of hydrogen-bond donors (Lipinski definition) is 1. The summed E-state index contributed by atoms with van der Waals surface area (Å²) in [6.45, 7) is 4.54. The second-order valence-corrected chi connectivity index (χ2v) is 4.72. The number of anilines is 1. The molecule has 0 saturated carbocycles. The first-order valence-electron chi connectivity index (χ1n) is 6.40. The fraction of sp³-hybridized carbons (Fsp3) is 0.750. The number of aromatic nitrogens is 3. The van der Waals surface area contributed by atoms with Crippen molar-refractivity contribution in [1.82, 2.24) is 14.8 Å². The lowest BCUT2D eigenvalue weighted by Crippen LogP contribution is -2.33. The molecule has 2 atom stereocenters. The predicted octanol–water partition coefficient (Wildman–Crippen LogP) is 1.27. The van der Waals surface area contributed by atoms with Crippen LogP contribution in [0, 0.1) is 12.8 Å². The molecule has 0 radical (unpaired) electrons. The van der Waals surface area contributed by atoms with Gasteiger partial charge < -0.3 is 4.74 Å². The molecule has 1 amide bonds. The standard InChI is InChI=1S/C12H20N4O2/c1-4-10-7-9(5-6-18-10)11(17)14-12-13-8(2)15-16(12)3/h9-10H,4-7H2,1-3H3,(H,13,14,15,17)/t9-,10+/m1/s1. The maximum atomic E-state index is 12.1. The Kier molecular flexibility index (Phi) is 3.96. The van der Waals surface area contributed by atoms with E-state index in [9.17, 15) is 4.79 Å². The summed E-state index contributed by atoms with van der Waals surface area (Å²) in [5.74, 6) is 1.20. The zero-order valence-corrected chi connectivity index (χ0v) is 11.1. The molecule has 1 N–H and O–H groups in total. The summed E-state index contributed by atoms with van der Waals surface area (Å²) in [7, 11) is 1.77. The Morgan fingerprint density at radius 2 is 2.39 bits per heavy atom. The topological polar surface area (TPSA) is 69.0 Å². The SMILES string of the molecule is CC[C@H]1C[C@H](C(=O)Nc2nc(C)nn2C)CCO1. The minimum atomic E-state index is 0.0145. The van der Waals surface area contributed by atoms with Crippen LogP contribution in [0.1, 0.15) is 32.0 Å². The summed E-state index contributed by atoms with van der Waals surface area (Å²) in [6, 6.07) is 0. The van der Waals surface area contributed by atoms with Crippen molar-refractivity contribution in [2.75, 3.05) is 11.9 Å². The average molecular weight is 252 g/mol. The van der Waals surface area contributed by atoms with E-state index < -0.39 is 0 Å². The largest absolute Gasteiger partial charge is 0.378 e. The second kappa shape index (κ2) is 5.48. The van der Waals surface area contributed by atoms with E-state index >= 15 is 0 Å². The maximum Gasteiger partial charge on any atom is 0.230 e. The highest BCUT2D eigenvalue weighted by Gasteiger charge is 2.27.